The number of hydrogen-bond acceptors (Lipinski definition) is 5. The molecule has 1 aromatic heterocycles. The van der Waals surface area contributed by atoms with Crippen molar-refractivity contribution in [2.75, 3.05) is 12.3 Å². The van der Waals surface area contributed by atoms with Gasteiger partial charge in [0.1, 0.15) is 5.75 Å². The first kappa shape index (κ1) is 15.3. The highest BCUT2D eigenvalue weighted by Crippen LogP contribution is 2.33. The van der Waals surface area contributed by atoms with Crippen molar-refractivity contribution in [1.82, 2.24) is 20.2 Å². The SMILES string of the molecule is CCCCCCn1nnnc1-c1c(N)cccc1OCC. The first-order chi connectivity index (χ1) is 10.3. The fourth-order valence-corrected chi connectivity index (χ4v) is 2.29. The minimum atomic E-state index is 0.578. The summed E-state index contributed by atoms with van der Waals surface area (Å²) in [5.74, 6) is 1.40. The van der Waals surface area contributed by atoms with Crippen LogP contribution in [0.5, 0.6) is 5.75 Å². The van der Waals surface area contributed by atoms with E-state index >= 15 is 0 Å². The first-order valence-corrected chi connectivity index (χ1v) is 7.55. The maximum atomic E-state index is 6.10. The molecule has 0 saturated carbocycles. The molecular weight excluding hydrogens is 266 g/mol. The standard InChI is InChI=1S/C15H23N5O/c1-3-5-6-7-11-20-15(17-18-19-20)14-12(16)9-8-10-13(14)21-4-2/h8-10H,3-7,11,16H2,1-2H3. The number of hydrogen-bond donors (Lipinski definition) is 1. The molecule has 1 heterocycles. The lowest BCUT2D eigenvalue weighted by molar-refractivity contribution is 0.341. The van der Waals surface area contributed by atoms with Gasteiger partial charge in [-0.2, -0.15) is 0 Å². The highest BCUT2D eigenvalue weighted by Gasteiger charge is 2.17. The first-order valence-electron chi connectivity index (χ1n) is 7.55. The van der Waals surface area contributed by atoms with Gasteiger partial charge >= 0.3 is 0 Å². The average molecular weight is 289 g/mol. The van der Waals surface area contributed by atoms with Gasteiger partial charge in [-0.1, -0.05) is 32.3 Å². The van der Waals surface area contributed by atoms with Gasteiger partial charge in [0.15, 0.2) is 5.82 Å². The van der Waals surface area contributed by atoms with Crippen LogP contribution in [0.15, 0.2) is 18.2 Å². The summed E-state index contributed by atoms with van der Waals surface area (Å²) in [4.78, 5) is 0. The molecule has 0 unspecified atom stereocenters. The molecule has 0 aliphatic carbocycles. The van der Waals surface area contributed by atoms with Crippen LogP contribution in [0.3, 0.4) is 0 Å². The number of aryl methyl sites for hydroxylation is 1. The second-order valence-corrected chi connectivity index (χ2v) is 4.94. The zero-order valence-electron chi connectivity index (χ0n) is 12.7. The van der Waals surface area contributed by atoms with Crippen molar-refractivity contribution in [3.8, 4) is 17.1 Å². The highest BCUT2D eigenvalue weighted by atomic mass is 16.5. The summed E-state index contributed by atoms with van der Waals surface area (Å²) in [5.41, 5.74) is 7.51. The Kier molecular flexibility index (Phi) is 5.54. The third-order valence-corrected chi connectivity index (χ3v) is 3.34. The van der Waals surface area contributed by atoms with E-state index in [-0.39, 0.29) is 0 Å². The molecule has 6 nitrogen and oxygen atoms in total. The molecule has 2 aromatic rings. The molecule has 0 aliphatic heterocycles. The monoisotopic (exact) mass is 289 g/mol. The third kappa shape index (κ3) is 3.71. The number of anilines is 1. The number of nitrogens with two attached hydrogens (primary N) is 1. The van der Waals surface area contributed by atoms with Crippen molar-refractivity contribution in [3.63, 3.8) is 0 Å². The molecular formula is C15H23N5O. The quantitative estimate of drug-likeness (QED) is 0.597. The summed E-state index contributed by atoms with van der Waals surface area (Å²) in [7, 11) is 0. The predicted molar refractivity (Wildman–Crippen MR) is 83.0 cm³/mol. The van der Waals surface area contributed by atoms with Crippen LogP contribution >= 0.6 is 0 Å². The zero-order chi connectivity index (χ0) is 15.1. The van der Waals surface area contributed by atoms with Crippen LogP contribution in [-0.2, 0) is 6.54 Å². The zero-order valence-corrected chi connectivity index (χ0v) is 12.7. The molecule has 2 rings (SSSR count). The number of unbranched alkanes of at least 4 members (excludes halogenated alkanes) is 3. The lowest BCUT2D eigenvalue weighted by Gasteiger charge is -2.12. The van der Waals surface area contributed by atoms with Crippen LogP contribution in [0.1, 0.15) is 39.5 Å². The van der Waals surface area contributed by atoms with Gasteiger partial charge in [0, 0.05) is 12.2 Å². The molecule has 0 aliphatic rings. The van der Waals surface area contributed by atoms with E-state index in [9.17, 15) is 0 Å². The molecule has 0 amide bonds. The molecule has 0 atom stereocenters. The second-order valence-electron chi connectivity index (χ2n) is 4.94. The number of nitrogen functional groups attached to an aromatic ring is 1. The Hall–Kier alpha value is -2.11. The fraction of sp³-hybridized carbons (Fsp3) is 0.533. The molecule has 0 fully saturated rings. The molecule has 114 valence electrons. The molecule has 0 saturated heterocycles. The fourth-order valence-electron chi connectivity index (χ4n) is 2.29. The van der Waals surface area contributed by atoms with Crippen molar-refractivity contribution in [3.05, 3.63) is 18.2 Å². The number of ether oxygens (including phenoxy) is 1. The minimum Gasteiger partial charge on any atom is -0.493 e. The molecule has 0 spiro atoms. The van der Waals surface area contributed by atoms with Crippen molar-refractivity contribution >= 4 is 5.69 Å². The van der Waals surface area contributed by atoms with Crippen LogP contribution in [0.25, 0.3) is 11.4 Å². The van der Waals surface area contributed by atoms with E-state index < -0.39 is 0 Å². The summed E-state index contributed by atoms with van der Waals surface area (Å²) in [6.07, 6.45) is 4.68. The van der Waals surface area contributed by atoms with Crippen LogP contribution in [-0.4, -0.2) is 26.8 Å². The van der Waals surface area contributed by atoms with Gasteiger partial charge in [-0.15, -0.1) is 5.10 Å². The Balaban J connectivity index is 2.24. The van der Waals surface area contributed by atoms with Gasteiger partial charge in [-0.25, -0.2) is 4.68 Å². The van der Waals surface area contributed by atoms with E-state index in [0.717, 1.165) is 24.3 Å². The molecule has 6 heteroatoms. The third-order valence-electron chi connectivity index (χ3n) is 3.34. The van der Waals surface area contributed by atoms with Gasteiger partial charge < -0.3 is 10.5 Å². The van der Waals surface area contributed by atoms with E-state index in [1.54, 1.807) is 0 Å². The molecule has 2 N–H and O–H groups in total. The van der Waals surface area contributed by atoms with Gasteiger partial charge in [0.05, 0.1) is 12.2 Å². The van der Waals surface area contributed by atoms with Gasteiger partial charge in [0.25, 0.3) is 0 Å². The number of benzene rings is 1. The smallest absolute Gasteiger partial charge is 0.187 e. The Labute approximate surface area is 125 Å². The van der Waals surface area contributed by atoms with Crippen LogP contribution in [0.4, 0.5) is 5.69 Å². The molecule has 1 aromatic carbocycles. The Morgan fingerprint density at radius 3 is 2.81 bits per heavy atom. The van der Waals surface area contributed by atoms with E-state index in [0.29, 0.717) is 18.1 Å². The number of aromatic nitrogens is 4. The molecule has 21 heavy (non-hydrogen) atoms. The van der Waals surface area contributed by atoms with E-state index in [2.05, 4.69) is 22.4 Å². The van der Waals surface area contributed by atoms with Crippen LogP contribution < -0.4 is 10.5 Å². The van der Waals surface area contributed by atoms with E-state index in [1.807, 2.05) is 29.8 Å². The summed E-state index contributed by atoms with van der Waals surface area (Å²) in [6, 6.07) is 5.61. The number of nitrogens with zero attached hydrogens (tertiary/aromatic N) is 4. The second kappa shape index (κ2) is 7.61. The Morgan fingerprint density at radius 1 is 1.19 bits per heavy atom. The average Bonchev–Trinajstić information content (AvgIpc) is 2.92. The lowest BCUT2D eigenvalue weighted by atomic mass is 10.1. The maximum Gasteiger partial charge on any atom is 0.187 e. The molecule has 0 radical (unpaired) electrons. The summed E-state index contributed by atoms with van der Waals surface area (Å²) < 4.78 is 7.46. The number of rotatable bonds is 8. The predicted octanol–water partition coefficient (Wildman–Crippen LogP) is 2.90. The number of tetrazole rings is 1. The summed E-state index contributed by atoms with van der Waals surface area (Å²) in [5, 5.41) is 12.0. The largest absolute Gasteiger partial charge is 0.493 e. The van der Waals surface area contributed by atoms with E-state index in [1.165, 1.54) is 19.3 Å². The lowest BCUT2D eigenvalue weighted by Crippen LogP contribution is -2.06. The summed E-state index contributed by atoms with van der Waals surface area (Å²) >= 11 is 0. The van der Waals surface area contributed by atoms with Gasteiger partial charge in [-0.05, 0) is 35.9 Å². The van der Waals surface area contributed by atoms with Gasteiger partial charge in [0.2, 0.25) is 0 Å². The van der Waals surface area contributed by atoms with Crippen molar-refractivity contribution < 1.29 is 4.74 Å². The van der Waals surface area contributed by atoms with Gasteiger partial charge in [-0.3, -0.25) is 0 Å². The Morgan fingerprint density at radius 2 is 2.05 bits per heavy atom. The van der Waals surface area contributed by atoms with Crippen LogP contribution in [0, 0.1) is 0 Å². The highest BCUT2D eigenvalue weighted by molar-refractivity contribution is 5.77. The normalized spacial score (nSPS) is 10.8. The maximum absolute atomic E-state index is 6.10. The van der Waals surface area contributed by atoms with E-state index in [4.69, 9.17) is 10.5 Å². The van der Waals surface area contributed by atoms with Crippen LogP contribution in [0.2, 0.25) is 0 Å². The summed E-state index contributed by atoms with van der Waals surface area (Å²) in [6.45, 7) is 5.51. The van der Waals surface area contributed by atoms with Crippen molar-refractivity contribution in [2.24, 2.45) is 0 Å². The van der Waals surface area contributed by atoms with Crippen molar-refractivity contribution in [1.29, 1.82) is 0 Å². The Bertz CT molecular complexity index is 567. The minimum absolute atomic E-state index is 0.578. The molecule has 0 bridgehead atoms. The topological polar surface area (TPSA) is 78.9 Å². The van der Waals surface area contributed by atoms with Crippen molar-refractivity contribution in [2.45, 2.75) is 46.1 Å².